The second-order valence-corrected chi connectivity index (χ2v) is 6.85. The lowest BCUT2D eigenvalue weighted by Crippen LogP contribution is -2.36. The largest absolute Gasteiger partial charge is 0.478 e. The first kappa shape index (κ1) is 15.4. The smallest absolute Gasteiger partial charge is 0.337 e. The Morgan fingerprint density at radius 1 is 1.30 bits per heavy atom. The zero-order valence-corrected chi connectivity index (χ0v) is 13.7. The number of carbonyl (C=O) groups excluding carboxylic acids is 1. The number of hydrogen-bond donors (Lipinski definition) is 2. The van der Waals surface area contributed by atoms with Crippen LogP contribution in [0.15, 0.2) is 18.2 Å². The van der Waals surface area contributed by atoms with Crippen LogP contribution in [0.5, 0.6) is 0 Å². The number of carboxylic acid groups (broad SMARTS) is 1. The molecule has 1 aromatic rings. The van der Waals surface area contributed by atoms with Crippen LogP contribution >= 0.6 is 34.4 Å². The molecule has 7 heteroatoms. The Morgan fingerprint density at radius 2 is 2.10 bits per heavy atom. The van der Waals surface area contributed by atoms with Crippen LogP contribution in [0.25, 0.3) is 0 Å². The number of thioether (sulfide) groups is 1. The van der Waals surface area contributed by atoms with Gasteiger partial charge in [-0.15, -0.1) is 0 Å². The predicted octanol–water partition coefficient (Wildman–Crippen LogP) is 2.96. The summed E-state index contributed by atoms with van der Waals surface area (Å²) in [5.41, 5.74) is 0.467. The fourth-order valence-electron chi connectivity index (χ4n) is 1.95. The van der Waals surface area contributed by atoms with E-state index in [9.17, 15) is 14.7 Å². The Hall–Kier alpha value is -0.960. The normalized spacial score (nSPS) is 15.6. The van der Waals surface area contributed by atoms with E-state index in [1.807, 2.05) is 34.4 Å². The number of halogens is 1. The van der Waals surface area contributed by atoms with E-state index in [0.29, 0.717) is 18.8 Å². The van der Waals surface area contributed by atoms with Crippen molar-refractivity contribution in [1.29, 1.82) is 0 Å². The minimum absolute atomic E-state index is 0.120. The summed E-state index contributed by atoms with van der Waals surface area (Å²) >= 11 is 3.88. The van der Waals surface area contributed by atoms with Crippen molar-refractivity contribution in [2.75, 3.05) is 29.9 Å². The number of urea groups is 1. The molecule has 20 heavy (non-hydrogen) atoms. The molecular formula is C13H15IN2O3S. The first-order chi connectivity index (χ1) is 9.58. The molecule has 1 heterocycles. The number of carboxylic acids is 1. The van der Waals surface area contributed by atoms with Crippen LogP contribution in [0.4, 0.5) is 10.5 Å². The van der Waals surface area contributed by atoms with Gasteiger partial charge in [0.15, 0.2) is 0 Å². The van der Waals surface area contributed by atoms with Gasteiger partial charge in [0.1, 0.15) is 0 Å². The average Bonchev–Trinajstić information content (AvgIpc) is 2.69. The third-order valence-electron chi connectivity index (χ3n) is 2.96. The van der Waals surface area contributed by atoms with E-state index >= 15 is 0 Å². The first-order valence-electron chi connectivity index (χ1n) is 6.24. The summed E-state index contributed by atoms with van der Waals surface area (Å²) in [7, 11) is 0. The molecule has 0 radical (unpaired) electrons. The molecule has 0 bridgehead atoms. The standard InChI is InChI=1S/C13H15IN2O3S/c14-9-2-3-11(10(8-9)12(17)18)15-13(19)16-4-1-6-20-7-5-16/h2-3,8H,1,4-7H2,(H,15,19)(H,17,18). The third-order valence-corrected chi connectivity index (χ3v) is 4.68. The van der Waals surface area contributed by atoms with Gasteiger partial charge in [-0.05, 0) is 53.0 Å². The maximum Gasteiger partial charge on any atom is 0.337 e. The van der Waals surface area contributed by atoms with Crippen molar-refractivity contribution in [3.63, 3.8) is 0 Å². The molecule has 0 atom stereocenters. The van der Waals surface area contributed by atoms with E-state index in [1.165, 1.54) is 0 Å². The summed E-state index contributed by atoms with van der Waals surface area (Å²) < 4.78 is 0.823. The van der Waals surface area contributed by atoms with Crippen molar-refractivity contribution in [2.45, 2.75) is 6.42 Å². The summed E-state index contributed by atoms with van der Waals surface area (Å²) in [5, 5.41) is 11.9. The summed E-state index contributed by atoms with van der Waals surface area (Å²) in [6.45, 7) is 1.41. The number of carbonyl (C=O) groups is 2. The maximum atomic E-state index is 12.2. The van der Waals surface area contributed by atoms with E-state index in [2.05, 4.69) is 5.32 Å². The van der Waals surface area contributed by atoms with Crippen molar-refractivity contribution < 1.29 is 14.7 Å². The second-order valence-electron chi connectivity index (χ2n) is 4.38. The van der Waals surface area contributed by atoms with Gasteiger partial charge in [0, 0.05) is 22.4 Å². The number of benzene rings is 1. The minimum atomic E-state index is -1.04. The van der Waals surface area contributed by atoms with Crippen molar-refractivity contribution in [1.82, 2.24) is 4.90 Å². The molecule has 2 amide bonds. The highest BCUT2D eigenvalue weighted by Crippen LogP contribution is 2.20. The molecule has 0 saturated carbocycles. The van der Waals surface area contributed by atoms with Gasteiger partial charge in [-0.1, -0.05) is 0 Å². The molecule has 108 valence electrons. The number of nitrogens with one attached hydrogen (secondary N) is 1. The molecule has 2 rings (SSSR count). The van der Waals surface area contributed by atoms with E-state index in [4.69, 9.17) is 0 Å². The Kier molecular flexibility index (Phi) is 5.53. The third kappa shape index (κ3) is 4.02. The zero-order chi connectivity index (χ0) is 14.5. The summed E-state index contributed by atoms with van der Waals surface area (Å²) in [4.78, 5) is 25.1. The number of hydrogen-bond acceptors (Lipinski definition) is 3. The van der Waals surface area contributed by atoms with E-state index in [0.717, 1.165) is 21.5 Å². The molecule has 0 aliphatic carbocycles. The van der Waals surface area contributed by atoms with Crippen LogP contribution in [0, 0.1) is 3.57 Å². The fraction of sp³-hybridized carbons (Fsp3) is 0.385. The Morgan fingerprint density at radius 3 is 2.85 bits per heavy atom. The predicted molar refractivity (Wildman–Crippen MR) is 88.7 cm³/mol. The molecule has 0 aromatic heterocycles. The summed E-state index contributed by atoms with van der Waals surface area (Å²) in [5.74, 6) is 0.949. The number of anilines is 1. The van der Waals surface area contributed by atoms with Crippen LogP contribution < -0.4 is 5.32 Å². The monoisotopic (exact) mass is 406 g/mol. The topological polar surface area (TPSA) is 69.6 Å². The Balaban J connectivity index is 2.12. The quantitative estimate of drug-likeness (QED) is 0.742. The molecule has 1 aliphatic rings. The van der Waals surface area contributed by atoms with E-state index < -0.39 is 5.97 Å². The Labute approximate surface area is 135 Å². The van der Waals surface area contributed by atoms with Gasteiger partial charge in [0.2, 0.25) is 0 Å². The van der Waals surface area contributed by atoms with Gasteiger partial charge in [-0.3, -0.25) is 0 Å². The summed E-state index contributed by atoms with van der Waals surface area (Å²) in [6.07, 6.45) is 0.969. The number of aromatic carboxylic acids is 1. The van der Waals surface area contributed by atoms with Crippen molar-refractivity contribution >= 4 is 52.0 Å². The van der Waals surface area contributed by atoms with Gasteiger partial charge in [0.25, 0.3) is 0 Å². The van der Waals surface area contributed by atoms with Crippen LogP contribution in [0.1, 0.15) is 16.8 Å². The number of nitrogens with zero attached hydrogens (tertiary/aromatic N) is 1. The van der Waals surface area contributed by atoms with Gasteiger partial charge in [-0.2, -0.15) is 11.8 Å². The lowest BCUT2D eigenvalue weighted by atomic mass is 10.2. The number of amides is 2. The SMILES string of the molecule is O=C(O)c1cc(I)ccc1NC(=O)N1CCCSCC1. The van der Waals surface area contributed by atoms with Crippen LogP contribution in [-0.4, -0.2) is 46.6 Å². The van der Waals surface area contributed by atoms with Gasteiger partial charge < -0.3 is 15.3 Å². The molecule has 5 nitrogen and oxygen atoms in total. The first-order valence-corrected chi connectivity index (χ1v) is 8.48. The van der Waals surface area contributed by atoms with Crippen molar-refractivity contribution in [2.24, 2.45) is 0 Å². The molecule has 0 spiro atoms. The second kappa shape index (κ2) is 7.16. The minimum Gasteiger partial charge on any atom is -0.478 e. The molecule has 1 aromatic carbocycles. The number of rotatable bonds is 2. The highest BCUT2D eigenvalue weighted by Gasteiger charge is 2.18. The fourth-order valence-corrected chi connectivity index (χ4v) is 3.32. The zero-order valence-electron chi connectivity index (χ0n) is 10.8. The van der Waals surface area contributed by atoms with Gasteiger partial charge >= 0.3 is 12.0 Å². The van der Waals surface area contributed by atoms with Crippen molar-refractivity contribution in [3.8, 4) is 0 Å². The lowest BCUT2D eigenvalue weighted by molar-refractivity contribution is 0.0698. The molecule has 1 fully saturated rings. The molecule has 1 saturated heterocycles. The van der Waals surface area contributed by atoms with E-state index in [1.54, 1.807) is 23.1 Å². The van der Waals surface area contributed by atoms with Crippen molar-refractivity contribution in [3.05, 3.63) is 27.3 Å². The average molecular weight is 406 g/mol. The maximum absolute atomic E-state index is 12.2. The van der Waals surface area contributed by atoms with E-state index in [-0.39, 0.29) is 11.6 Å². The highest BCUT2D eigenvalue weighted by molar-refractivity contribution is 14.1. The van der Waals surface area contributed by atoms with Gasteiger partial charge in [-0.25, -0.2) is 9.59 Å². The molecule has 0 unspecified atom stereocenters. The summed E-state index contributed by atoms with van der Waals surface area (Å²) in [6, 6.07) is 4.74. The van der Waals surface area contributed by atoms with Gasteiger partial charge in [0.05, 0.1) is 11.3 Å². The lowest BCUT2D eigenvalue weighted by Gasteiger charge is -2.21. The Bertz CT molecular complexity index is 516. The van der Waals surface area contributed by atoms with Crippen LogP contribution in [0.2, 0.25) is 0 Å². The molecule has 1 aliphatic heterocycles. The van der Waals surface area contributed by atoms with Crippen LogP contribution in [0.3, 0.4) is 0 Å². The molecule has 2 N–H and O–H groups in total. The highest BCUT2D eigenvalue weighted by atomic mass is 127. The van der Waals surface area contributed by atoms with Crippen LogP contribution in [-0.2, 0) is 0 Å². The molecular weight excluding hydrogens is 391 g/mol.